The summed E-state index contributed by atoms with van der Waals surface area (Å²) >= 11 is 0. The SMILES string of the molecule is CN(CC(=O)NCC(=O)N1CCCC1)Cc1cccc(OC(F)F)c1. The summed E-state index contributed by atoms with van der Waals surface area (Å²) in [7, 11) is 1.74. The van der Waals surface area contributed by atoms with Gasteiger partial charge in [0.25, 0.3) is 0 Å². The van der Waals surface area contributed by atoms with Crippen molar-refractivity contribution in [3.8, 4) is 5.75 Å². The second-order valence-electron chi connectivity index (χ2n) is 6.06. The summed E-state index contributed by atoms with van der Waals surface area (Å²) < 4.78 is 28.8. The Morgan fingerprint density at radius 3 is 2.72 bits per heavy atom. The molecule has 138 valence electrons. The van der Waals surface area contributed by atoms with Crippen LogP contribution in [0.2, 0.25) is 0 Å². The molecule has 0 atom stereocenters. The lowest BCUT2D eigenvalue weighted by Crippen LogP contribution is -2.42. The van der Waals surface area contributed by atoms with Gasteiger partial charge in [-0.15, -0.1) is 0 Å². The van der Waals surface area contributed by atoms with Gasteiger partial charge in [0, 0.05) is 19.6 Å². The maximum absolute atomic E-state index is 12.2. The zero-order valence-electron chi connectivity index (χ0n) is 14.2. The van der Waals surface area contributed by atoms with Gasteiger partial charge in [-0.05, 0) is 37.6 Å². The highest BCUT2D eigenvalue weighted by atomic mass is 19.3. The molecule has 1 aliphatic heterocycles. The Balaban J connectivity index is 1.74. The minimum absolute atomic E-state index is 0.00435. The highest BCUT2D eigenvalue weighted by Gasteiger charge is 2.18. The van der Waals surface area contributed by atoms with Crippen LogP contribution in [0.4, 0.5) is 8.78 Å². The van der Waals surface area contributed by atoms with Gasteiger partial charge in [0.1, 0.15) is 5.75 Å². The van der Waals surface area contributed by atoms with Gasteiger partial charge in [-0.1, -0.05) is 12.1 Å². The minimum Gasteiger partial charge on any atom is -0.435 e. The first-order valence-electron chi connectivity index (χ1n) is 8.21. The summed E-state index contributed by atoms with van der Waals surface area (Å²) in [6.45, 7) is -0.852. The van der Waals surface area contributed by atoms with E-state index in [4.69, 9.17) is 0 Å². The summed E-state index contributed by atoms with van der Waals surface area (Å²) in [4.78, 5) is 27.3. The largest absolute Gasteiger partial charge is 0.435 e. The third-order valence-corrected chi connectivity index (χ3v) is 3.89. The summed E-state index contributed by atoms with van der Waals surface area (Å²) in [5.41, 5.74) is 0.751. The third-order valence-electron chi connectivity index (χ3n) is 3.89. The number of likely N-dealkylation sites (N-methyl/N-ethyl adjacent to an activating group) is 1. The van der Waals surface area contributed by atoms with Crippen LogP contribution in [-0.2, 0) is 16.1 Å². The van der Waals surface area contributed by atoms with Crippen LogP contribution in [0.1, 0.15) is 18.4 Å². The molecule has 0 saturated carbocycles. The van der Waals surface area contributed by atoms with Gasteiger partial charge in [0.15, 0.2) is 0 Å². The molecule has 2 amide bonds. The Morgan fingerprint density at radius 1 is 1.32 bits per heavy atom. The number of benzene rings is 1. The van der Waals surface area contributed by atoms with Gasteiger partial charge in [-0.25, -0.2) is 0 Å². The smallest absolute Gasteiger partial charge is 0.387 e. The number of alkyl halides is 2. The van der Waals surface area contributed by atoms with E-state index >= 15 is 0 Å². The fraction of sp³-hybridized carbons (Fsp3) is 0.529. The first kappa shape index (κ1) is 19.1. The Bertz CT molecular complexity index is 592. The molecular formula is C17H23F2N3O3. The molecule has 1 aliphatic rings. The predicted octanol–water partition coefficient (Wildman–Crippen LogP) is 1.46. The number of rotatable bonds is 8. The summed E-state index contributed by atoms with van der Waals surface area (Å²) in [6.07, 6.45) is 2.02. The van der Waals surface area contributed by atoms with Crippen molar-refractivity contribution in [2.45, 2.75) is 26.0 Å². The van der Waals surface area contributed by atoms with E-state index in [0.717, 1.165) is 31.5 Å². The zero-order valence-corrected chi connectivity index (χ0v) is 14.2. The molecule has 1 aromatic rings. The highest BCUT2D eigenvalue weighted by Crippen LogP contribution is 2.16. The summed E-state index contributed by atoms with van der Waals surface area (Å²) in [5, 5.41) is 2.62. The van der Waals surface area contributed by atoms with Crippen LogP contribution in [0, 0.1) is 0 Å². The van der Waals surface area contributed by atoms with Gasteiger partial charge < -0.3 is 15.0 Å². The van der Waals surface area contributed by atoms with Crippen LogP contribution in [-0.4, -0.2) is 61.5 Å². The first-order valence-corrected chi connectivity index (χ1v) is 8.21. The standard InChI is InChI=1S/C17H23F2N3O3/c1-21(11-13-5-4-6-14(9-13)25-17(18)19)12-15(23)20-10-16(24)22-7-2-3-8-22/h4-6,9,17H,2-3,7-8,10-12H2,1H3,(H,20,23). The van der Waals surface area contributed by atoms with E-state index in [0.29, 0.717) is 6.54 Å². The molecule has 1 aromatic carbocycles. The van der Waals surface area contributed by atoms with Crippen LogP contribution in [0.5, 0.6) is 5.75 Å². The number of nitrogens with one attached hydrogen (secondary N) is 1. The summed E-state index contributed by atoms with van der Waals surface area (Å²) in [6, 6.07) is 6.35. The fourth-order valence-corrected chi connectivity index (χ4v) is 2.74. The summed E-state index contributed by atoms with van der Waals surface area (Å²) in [5.74, 6) is -0.234. The quantitative estimate of drug-likeness (QED) is 0.767. The maximum Gasteiger partial charge on any atom is 0.387 e. The number of halogens is 2. The average Bonchev–Trinajstić information content (AvgIpc) is 3.06. The molecule has 1 fully saturated rings. The highest BCUT2D eigenvalue weighted by molar-refractivity contribution is 5.85. The Kier molecular flexibility index (Phi) is 7.12. The van der Waals surface area contributed by atoms with Crippen molar-refractivity contribution in [3.05, 3.63) is 29.8 Å². The molecule has 0 bridgehead atoms. The molecule has 0 aromatic heterocycles. The monoisotopic (exact) mass is 355 g/mol. The molecule has 25 heavy (non-hydrogen) atoms. The normalized spacial score (nSPS) is 14.2. The molecule has 0 spiro atoms. The molecule has 1 saturated heterocycles. The van der Waals surface area contributed by atoms with Crippen molar-refractivity contribution in [2.24, 2.45) is 0 Å². The van der Waals surface area contributed by atoms with Gasteiger partial charge >= 0.3 is 6.61 Å². The van der Waals surface area contributed by atoms with Crippen molar-refractivity contribution < 1.29 is 23.1 Å². The van der Waals surface area contributed by atoms with Gasteiger partial charge in [0.05, 0.1) is 13.1 Å². The molecule has 1 heterocycles. The fourth-order valence-electron chi connectivity index (χ4n) is 2.74. The van der Waals surface area contributed by atoms with Crippen LogP contribution >= 0.6 is 0 Å². The van der Waals surface area contributed by atoms with Crippen LogP contribution < -0.4 is 10.1 Å². The maximum atomic E-state index is 12.2. The van der Waals surface area contributed by atoms with E-state index < -0.39 is 6.61 Å². The first-order chi connectivity index (χ1) is 11.9. The Hall–Kier alpha value is -2.22. The van der Waals surface area contributed by atoms with E-state index in [1.54, 1.807) is 29.0 Å². The lowest BCUT2D eigenvalue weighted by atomic mass is 10.2. The van der Waals surface area contributed by atoms with Crippen LogP contribution in [0.15, 0.2) is 24.3 Å². The van der Waals surface area contributed by atoms with Gasteiger partial charge in [-0.2, -0.15) is 8.78 Å². The number of hydrogen-bond donors (Lipinski definition) is 1. The Morgan fingerprint density at radius 2 is 2.04 bits per heavy atom. The molecule has 0 unspecified atom stereocenters. The van der Waals surface area contributed by atoms with Crippen molar-refractivity contribution in [1.82, 2.24) is 15.1 Å². The second kappa shape index (κ2) is 9.31. The minimum atomic E-state index is -2.87. The molecule has 1 N–H and O–H groups in total. The lowest BCUT2D eigenvalue weighted by Gasteiger charge is -2.18. The predicted molar refractivity (Wildman–Crippen MR) is 88.2 cm³/mol. The van der Waals surface area contributed by atoms with E-state index in [9.17, 15) is 18.4 Å². The van der Waals surface area contributed by atoms with Crippen molar-refractivity contribution in [1.29, 1.82) is 0 Å². The van der Waals surface area contributed by atoms with Crippen molar-refractivity contribution >= 4 is 11.8 Å². The zero-order chi connectivity index (χ0) is 18.2. The van der Waals surface area contributed by atoms with Gasteiger partial charge in [0.2, 0.25) is 11.8 Å². The van der Waals surface area contributed by atoms with E-state index in [1.165, 1.54) is 12.1 Å². The average molecular weight is 355 g/mol. The second-order valence-corrected chi connectivity index (χ2v) is 6.06. The van der Waals surface area contributed by atoms with E-state index in [2.05, 4.69) is 10.1 Å². The number of ether oxygens (including phenoxy) is 1. The van der Waals surface area contributed by atoms with Gasteiger partial charge in [-0.3, -0.25) is 14.5 Å². The van der Waals surface area contributed by atoms with Crippen LogP contribution in [0.3, 0.4) is 0 Å². The topological polar surface area (TPSA) is 61.9 Å². The van der Waals surface area contributed by atoms with E-state index in [-0.39, 0.29) is 30.7 Å². The third kappa shape index (κ3) is 6.66. The van der Waals surface area contributed by atoms with Crippen molar-refractivity contribution in [3.63, 3.8) is 0 Å². The van der Waals surface area contributed by atoms with Crippen molar-refractivity contribution in [2.75, 3.05) is 33.2 Å². The number of hydrogen-bond acceptors (Lipinski definition) is 4. The number of likely N-dealkylation sites (tertiary alicyclic amines) is 1. The molecule has 6 nitrogen and oxygen atoms in total. The molecule has 2 rings (SSSR count). The molecule has 0 aliphatic carbocycles. The number of carbonyl (C=O) groups excluding carboxylic acids is 2. The number of nitrogens with zero attached hydrogens (tertiary/aromatic N) is 2. The lowest BCUT2D eigenvalue weighted by molar-refractivity contribution is -0.132. The number of carbonyl (C=O) groups is 2. The number of amides is 2. The molecule has 0 radical (unpaired) electrons. The van der Waals surface area contributed by atoms with Crippen LogP contribution in [0.25, 0.3) is 0 Å². The molecular weight excluding hydrogens is 332 g/mol. The van der Waals surface area contributed by atoms with E-state index in [1.807, 2.05) is 0 Å². The molecule has 8 heteroatoms. The Labute approximate surface area is 145 Å².